The summed E-state index contributed by atoms with van der Waals surface area (Å²) < 4.78 is 5.00. The number of rotatable bonds is 0. The van der Waals surface area contributed by atoms with E-state index in [0.29, 0.717) is 0 Å². The van der Waals surface area contributed by atoms with Gasteiger partial charge in [0.25, 0.3) is 0 Å². The fourth-order valence-corrected chi connectivity index (χ4v) is 1.34. The summed E-state index contributed by atoms with van der Waals surface area (Å²) >= 11 is 0. The van der Waals surface area contributed by atoms with Gasteiger partial charge in [-0.15, -0.1) is 0 Å². The Kier molecular flexibility index (Phi) is 1.24. The van der Waals surface area contributed by atoms with Crippen LogP contribution < -0.4 is 5.73 Å². The van der Waals surface area contributed by atoms with Crippen LogP contribution in [0.2, 0.25) is 0 Å². The van der Waals surface area contributed by atoms with E-state index in [1.54, 1.807) is 6.20 Å². The number of hydrogen-bond donors (Lipinski definition) is 1. The summed E-state index contributed by atoms with van der Waals surface area (Å²) in [6, 6.07) is 0.278. The molecule has 0 aromatic carbocycles. The lowest BCUT2D eigenvalue weighted by Gasteiger charge is -2.14. The highest BCUT2D eigenvalue weighted by molar-refractivity contribution is 5.17. The van der Waals surface area contributed by atoms with E-state index in [9.17, 15) is 0 Å². The van der Waals surface area contributed by atoms with Gasteiger partial charge in [0, 0.05) is 18.0 Å². The molecule has 0 bridgehead atoms. The van der Waals surface area contributed by atoms with E-state index < -0.39 is 0 Å². The predicted octanol–water partition coefficient (Wildman–Crippen LogP) is 0.491. The van der Waals surface area contributed by atoms with Crippen molar-refractivity contribution in [1.82, 2.24) is 5.16 Å². The summed E-state index contributed by atoms with van der Waals surface area (Å²) in [5, 5.41) is 3.71. The van der Waals surface area contributed by atoms with Gasteiger partial charge in [0.1, 0.15) is 5.76 Å². The topological polar surface area (TPSA) is 52.0 Å². The molecule has 0 saturated carbocycles. The Balaban J connectivity index is 2.30. The second kappa shape index (κ2) is 2.09. The minimum Gasteiger partial charge on any atom is -0.361 e. The molecule has 0 aliphatic heterocycles. The summed E-state index contributed by atoms with van der Waals surface area (Å²) in [7, 11) is 0. The lowest BCUT2D eigenvalue weighted by Crippen LogP contribution is -2.26. The molecule has 3 heteroatoms. The van der Waals surface area contributed by atoms with Crippen molar-refractivity contribution in [2.24, 2.45) is 5.73 Å². The van der Waals surface area contributed by atoms with Gasteiger partial charge in [-0.1, -0.05) is 5.16 Å². The summed E-state index contributed by atoms with van der Waals surface area (Å²) in [5.41, 5.74) is 6.96. The summed E-state index contributed by atoms with van der Waals surface area (Å²) in [5.74, 6) is 0.985. The lowest BCUT2D eigenvalue weighted by atomic mass is 9.95. The number of hydrogen-bond acceptors (Lipinski definition) is 3. The molecule has 0 spiro atoms. The van der Waals surface area contributed by atoms with Crippen molar-refractivity contribution >= 4 is 0 Å². The average Bonchev–Trinajstić information content (AvgIpc) is 2.33. The molecular weight excluding hydrogens is 128 g/mol. The Morgan fingerprint density at radius 2 is 2.60 bits per heavy atom. The van der Waals surface area contributed by atoms with Gasteiger partial charge in [-0.2, -0.15) is 0 Å². The number of aryl methyl sites for hydroxylation is 1. The van der Waals surface area contributed by atoms with Crippen LogP contribution in [0.5, 0.6) is 0 Å². The second-order valence-corrected chi connectivity index (χ2v) is 2.78. The Bertz CT molecular complexity index is 231. The summed E-state index contributed by atoms with van der Waals surface area (Å²) in [6.07, 6.45) is 4.74. The van der Waals surface area contributed by atoms with Crippen LogP contribution in [0.1, 0.15) is 17.7 Å². The van der Waals surface area contributed by atoms with Crippen molar-refractivity contribution in [3.63, 3.8) is 0 Å². The molecule has 1 atom stereocenters. The van der Waals surface area contributed by atoms with E-state index in [-0.39, 0.29) is 6.04 Å². The van der Waals surface area contributed by atoms with E-state index in [1.165, 1.54) is 5.56 Å². The van der Waals surface area contributed by atoms with Crippen LogP contribution >= 0.6 is 0 Å². The van der Waals surface area contributed by atoms with Crippen molar-refractivity contribution in [3.05, 3.63) is 17.5 Å². The first-order chi connectivity index (χ1) is 4.86. The zero-order chi connectivity index (χ0) is 6.97. The number of fused-ring (bicyclic) bond motifs is 1. The molecule has 54 valence electrons. The highest BCUT2D eigenvalue weighted by atomic mass is 16.5. The van der Waals surface area contributed by atoms with Crippen LogP contribution in [0.4, 0.5) is 0 Å². The number of aromatic nitrogens is 1. The molecule has 0 unspecified atom stereocenters. The van der Waals surface area contributed by atoms with E-state index in [4.69, 9.17) is 10.3 Å². The van der Waals surface area contributed by atoms with Crippen LogP contribution in [-0.2, 0) is 12.8 Å². The van der Waals surface area contributed by atoms with Gasteiger partial charge in [0.15, 0.2) is 0 Å². The van der Waals surface area contributed by atoms with Crippen molar-refractivity contribution in [2.75, 3.05) is 0 Å². The molecule has 1 aliphatic carbocycles. The molecule has 2 rings (SSSR count). The van der Waals surface area contributed by atoms with Gasteiger partial charge in [0.05, 0.1) is 6.20 Å². The third kappa shape index (κ3) is 0.827. The maximum Gasteiger partial charge on any atom is 0.141 e. The van der Waals surface area contributed by atoms with Gasteiger partial charge in [0.2, 0.25) is 0 Å². The quantitative estimate of drug-likeness (QED) is 0.567. The minimum absolute atomic E-state index is 0.278. The summed E-state index contributed by atoms with van der Waals surface area (Å²) in [6.45, 7) is 0. The van der Waals surface area contributed by atoms with Crippen molar-refractivity contribution in [3.8, 4) is 0 Å². The Labute approximate surface area is 59.2 Å². The van der Waals surface area contributed by atoms with Crippen molar-refractivity contribution in [1.29, 1.82) is 0 Å². The maximum absolute atomic E-state index is 5.72. The SMILES string of the molecule is N[C@@H]1CCc2cnoc2C1. The highest BCUT2D eigenvalue weighted by Gasteiger charge is 2.18. The van der Waals surface area contributed by atoms with Crippen molar-refractivity contribution in [2.45, 2.75) is 25.3 Å². The van der Waals surface area contributed by atoms with Crippen LogP contribution in [0.15, 0.2) is 10.7 Å². The maximum atomic E-state index is 5.72. The van der Waals surface area contributed by atoms with Crippen LogP contribution in [0, 0.1) is 0 Å². The normalized spacial score (nSPS) is 24.3. The third-order valence-electron chi connectivity index (χ3n) is 1.96. The van der Waals surface area contributed by atoms with E-state index in [0.717, 1.165) is 25.0 Å². The first-order valence-corrected chi connectivity index (χ1v) is 3.54. The fourth-order valence-electron chi connectivity index (χ4n) is 1.34. The standard InChI is InChI=1S/C7H10N2O/c8-6-2-1-5-4-9-10-7(5)3-6/h4,6H,1-3,8H2/t6-/m1/s1. The Morgan fingerprint density at radius 3 is 3.50 bits per heavy atom. The molecular formula is C7H10N2O. The van der Waals surface area contributed by atoms with E-state index >= 15 is 0 Å². The molecule has 0 fully saturated rings. The molecule has 10 heavy (non-hydrogen) atoms. The monoisotopic (exact) mass is 138 g/mol. The first-order valence-electron chi connectivity index (χ1n) is 3.54. The molecule has 1 aliphatic rings. The zero-order valence-electron chi connectivity index (χ0n) is 5.71. The molecule has 3 nitrogen and oxygen atoms in total. The zero-order valence-corrected chi connectivity index (χ0v) is 5.71. The molecule has 1 aromatic rings. The molecule has 1 aromatic heterocycles. The van der Waals surface area contributed by atoms with Gasteiger partial charge in [-0.25, -0.2) is 0 Å². The molecule has 0 amide bonds. The van der Waals surface area contributed by atoms with E-state index in [2.05, 4.69) is 5.16 Å². The van der Waals surface area contributed by atoms with Gasteiger partial charge >= 0.3 is 0 Å². The van der Waals surface area contributed by atoms with Gasteiger partial charge < -0.3 is 10.3 Å². The van der Waals surface area contributed by atoms with Crippen LogP contribution in [0.25, 0.3) is 0 Å². The number of nitrogens with two attached hydrogens (primary N) is 1. The minimum atomic E-state index is 0.278. The largest absolute Gasteiger partial charge is 0.361 e. The highest BCUT2D eigenvalue weighted by Crippen LogP contribution is 2.19. The molecule has 1 heterocycles. The second-order valence-electron chi connectivity index (χ2n) is 2.78. The van der Waals surface area contributed by atoms with Crippen molar-refractivity contribution < 1.29 is 4.52 Å². The van der Waals surface area contributed by atoms with Crippen LogP contribution in [-0.4, -0.2) is 11.2 Å². The predicted molar refractivity (Wildman–Crippen MR) is 36.5 cm³/mol. The van der Waals surface area contributed by atoms with Gasteiger partial charge in [-0.05, 0) is 12.8 Å². The number of nitrogens with zero attached hydrogens (tertiary/aromatic N) is 1. The Morgan fingerprint density at radius 1 is 1.70 bits per heavy atom. The third-order valence-corrected chi connectivity index (χ3v) is 1.96. The van der Waals surface area contributed by atoms with E-state index in [1.807, 2.05) is 0 Å². The molecule has 0 saturated heterocycles. The molecule has 2 N–H and O–H groups in total. The summed E-state index contributed by atoms with van der Waals surface area (Å²) in [4.78, 5) is 0. The average molecular weight is 138 g/mol. The lowest BCUT2D eigenvalue weighted by molar-refractivity contribution is 0.362. The van der Waals surface area contributed by atoms with Crippen LogP contribution in [0.3, 0.4) is 0 Å². The Hall–Kier alpha value is -0.830. The smallest absolute Gasteiger partial charge is 0.141 e. The van der Waals surface area contributed by atoms with Gasteiger partial charge in [-0.3, -0.25) is 0 Å². The first kappa shape index (κ1) is 5.92. The molecule has 0 radical (unpaired) electrons. The fraction of sp³-hybridized carbons (Fsp3) is 0.571.